The Kier molecular flexibility index (Phi) is 4.28. The lowest BCUT2D eigenvalue weighted by atomic mass is 10.3. The number of halogens is 2. The number of pyridine rings is 1. The Hall–Kier alpha value is -1.45. The molecule has 2 rings (SSSR count). The molecule has 0 amide bonds. The maximum atomic E-state index is 6.02. The van der Waals surface area contributed by atoms with E-state index in [-0.39, 0.29) is 0 Å². The largest absolute Gasteiger partial charge is 0.487 e. The van der Waals surface area contributed by atoms with E-state index in [1.165, 1.54) is 0 Å². The van der Waals surface area contributed by atoms with Gasteiger partial charge in [-0.15, -0.1) is 0 Å². The Morgan fingerprint density at radius 2 is 2.06 bits per heavy atom. The summed E-state index contributed by atoms with van der Waals surface area (Å²) in [6.07, 6.45) is 1.75. The predicted octanol–water partition coefficient (Wildman–Crippen LogP) is 4.01. The zero-order valence-electron chi connectivity index (χ0n) is 9.78. The fraction of sp³-hybridized carbons (Fsp3) is 0.154. The van der Waals surface area contributed by atoms with Crippen LogP contribution in [0.5, 0.6) is 5.75 Å². The number of nitrogens with zero attached hydrogens (tertiary/aromatic N) is 1. The average molecular weight is 283 g/mol. The zero-order chi connectivity index (χ0) is 13.0. The van der Waals surface area contributed by atoms with Gasteiger partial charge in [0, 0.05) is 18.8 Å². The van der Waals surface area contributed by atoms with E-state index < -0.39 is 0 Å². The van der Waals surface area contributed by atoms with Gasteiger partial charge < -0.3 is 10.1 Å². The van der Waals surface area contributed by atoms with Gasteiger partial charge in [-0.1, -0.05) is 35.3 Å². The van der Waals surface area contributed by atoms with Crippen molar-refractivity contribution in [3.05, 3.63) is 52.1 Å². The van der Waals surface area contributed by atoms with E-state index in [2.05, 4.69) is 10.3 Å². The quantitative estimate of drug-likeness (QED) is 0.920. The van der Waals surface area contributed by atoms with E-state index >= 15 is 0 Å². The molecule has 2 aromatic rings. The zero-order valence-corrected chi connectivity index (χ0v) is 11.3. The van der Waals surface area contributed by atoms with Gasteiger partial charge >= 0.3 is 0 Å². The second kappa shape index (κ2) is 5.94. The number of hydrogen-bond acceptors (Lipinski definition) is 3. The molecule has 0 aliphatic rings. The van der Waals surface area contributed by atoms with Crippen LogP contribution in [-0.4, -0.2) is 12.0 Å². The lowest BCUT2D eigenvalue weighted by Crippen LogP contribution is -1.98. The van der Waals surface area contributed by atoms with Crippen molar-refractivity contribution in [2.75, 3.05) is 12.4 Å². The van der Waals surface area contributed by atoms with Crippen LogP contribution in [0.2, 0.25) is 10.0 Å². The molecule has 94 valence electrons. The molecule has 0 saturated carbocycles. The molecule has 0 atom stereocenters. The van der Waals surface area contributed by atoms with Crippen LogP contribution in [0.3, 0.4) is 0 Å². The number of rotatable bonds is 4. The SMILES string of the molecule is CNc1ccc(COc2cccc(Cl)c2Cl)cn1. The average Bonchev–Trinajstić information content (AvgIpc) is 2.41. The highest BCUT2D eigenvalue weighted by molar-refractivity contribution is 6.42. The standard InChI is InChI=1S/C13H12Cl2N2O/c1-16-12-6-5-9(7-17-12)8-18-11-4-2-3-10(14)13(11)15/h2-7H,8H2,1H3,(H,16,17). The molecule has 1 heterocycles. The Bertz CT molecular complexity index is 529. The summed E-state index contributed by atoms with van der Waals surface area (Å²) in [5.41, 5.74) is 0.963. The number of anilines is 1. The number of nitrogens with one attached hydrogen (secondary N) is 1. The van der Waals surface area contributed by atoms with Gasteiger partial charge in [-0.2, -0.15) is 0 Å². The molecule has 3 nitrogen and oxygen atoms in total. The van der Waals surface area contributed by atoms with Gasteiger partial charge in [0.05, 0.1) is 5.02 Å². The number of hydrogen-bond donors (Lipinski definition) is 1. The second-order valence-corrected chi connectivity index (χ2v) is 4.43. The van der Waals surface area contributed by atoms with E-state index in [9.17, 15) is 0 Å². The monoisotopic (exact) mass is 282 g/mol. The molecule has 18 heavy (non-hydrogen) atoms. The molecule has 0 aliphatic heterocycles. The van der Waals surface area contributed by atoms with Crippen molar-refractivity contribution in [1.82, 2.24) is 4.98 Å². The normalized spacial score (nSPS) is 10.2. The van der Waals surface area contributed by atoms with Crippen molar-refractivity contribution in [3.8, 4) is 5.75 Å². The van der Waals surface area contributed by atoms with Crippen molar-refractivity contribution in [1.29, 1.82) is 0 Å². The van der Waals surface area contributed by atoms with Crippen LogP contribution in [0.25, 0.3) is 0 Å². The first-order chi connectivity index (χ1) is 8.70. The topological polar surface area (TPSA) is 34.1 Å². The molecular weight excluding hydrogens is 271 g/mol. The highest BCUT2D eigenvalue weighted by atomic mass is 35.5. The highest BCUT2D eigenvalue weighted by Gasteiger charge is 2.05. The maximum Gasteiger partial charge on any atom is 0.139 e. The molecular formula is C13H12Cl2N2O. The number of benzene rings is 1. The third kappa shape index (κ3) is 3.06. The Morgan fingerprint density at radius 1 is 1.22 bits per heavy atom. The Morgan fingerprint density at radius 3 is 2.72 bits per heavy atom. The molecule has 0 fully saturated rings. The first-order valence-corrected chi connectivity index (χ1v) is 6.16. The van der Waals surface area contributed by atoms with Crippen LogP contribution in [0.15, 0.2) is 36.5 Å². The number of aromatic nitrogens is 1. The van der Waals surface area contributed by atoms with E-state index in [0.717, 1.165) is 11.4 Å². The molecule has 0 saturated heterocycles. The van der Waals surface area contributed by atoms with Crippen molar-refractivity contribution >= 4 is 29.0 Å². The van der Waals surface area contributed by atoms with Gasteiger partial charge in [-0.25, -0.2) is 4.98 Å². The maximum absolute atomic E-state index is 6.02. The molecule has 0 spiro atoms. The van der Waals surface area contributed by atoms with Gasteiger partial charge in [-0.3, -0.25) is 0 Å². The minimum absolute atomic E-state index is 0.400. The molecule has 1 aromatic heterocycles. The molecule has 1 aromatic carbocycles. The molecule has 0 aliphatic carbocycles. The van der Waals surface area contributed by atoms with E-state index in [1.807, 2.05) is 19.2 Å². The molecule has 0 radical (unpaired) electrons. The first-order valence-electron chi connectivity index (χ1n) is 5.40. The lowest BCUT2D eigenvalue weighted by Gasteiger charge is -2.09. The summed E-state index contributed by atoms with van der Waals surface area (Å²) in [6.45, 7) is 0.400. The second-order valence-electron chi connectivity index (χ2n) is 3.64. The minimum Gasteiger partial charge on any atom is -0.487 e. The predicted molar refractivity (Wildman–Crippen MR) is 74.6 cm³/mol. The summed E-state index contributed by atoms with van der Waals surface area (Å²) in [4.78, 5) is 4.20. The summed E-state index contributed by atoms with van der Waals surface area (Å²) in [7, 11) is 1.82. The van der Waals surface area contributed by atoms with E-state index in [1.54, 1.807) is 24.4 Å². The van der Waals surface area contributed by atoms with Crippen molar-refractivity contribution in [2.45, 2.75) is 6.61 Å². The third-order valence-electron chi connectivity index (χ3n) is 2.39. The van der Waals surface area contributed by atoms with Gasteiger partial charge in [0.15, 0.2) is 0 Å². The summed E-state index contributed by atoms with van der Waals surface area (Å²) >= 11 is 11.9. The Labute approximate surface area is 116 Å². The van der Waals surface area contributed by atoms with Crippen LogP contribution >= 0.6 is 23.2 Å². The third-order valence-corrected chi connectivity index (χ3v) is 3.19. The summed E-state index contributed by atoms with van der Waals surface area (Å²) < 4.78 is 5.60. The van der Waals surface area contributed by atoms with E-state index in [4.69, 9.17) is 27.9 Å². The van der Waals surface area contributed by atoms with Crippen molar-refractivity contribution < 1.29 is 4.74 Å². The van der Waals surface area contributed by atoms with Crippen molar-refractivity contribution in [2.24, 2.45) is 0 Å². The first kappa shape index (κ1) is 13.0. The van der Waals surface area contributed by atoms with Crippen LogP contribution in [-0.2, 0) is 6.61 Å². The summed E-state index contributed by atoms with van der Waals surface area (Å²) in [5.74, 6) is 1.39. The molecule has 0 bridgehead atoms. The number of ether oxygens (including phenoxy) is 1. The summed E-state index contributed by atoms with van der Waals surface area (Å²) in [5, 5.41) is 3.87. The van der Waals surface area contributed by atoms with Crippen LogP contribution in [0.4, 0.5) is 5.82 Å². The smallest absolute Gasteiger partial charge is 0.139 e. The fourth-order valence-corrected chi connectivity index (χ4v) is 1.76. The highest BCUT2D eigenvalue weighted by Crippen LogP contribution is 2.31. The minimum atomic E-state index is 0.400. The van der Waals surface area contributed by atoms with Gasteiger partial charge in [0.2, 0.25) is 0 Å². The Balaban J connectivity index is 2.04. The lowest BCUT2D eigenvalue weighted by molar-refractivity contribution is 0.306. The fourth-order valence-electron chi connectivity index (χ4n) is 1.41. The summed E-state index contributed by atoms with van der Waals surface area (Å²) in [6, 6.07) is 9.13. The van der Waals surface area contributed by atoms with Crippen LogP contribution in [0.1, 0.15) is 5.56 Å². The molecule has 0 unspecified atom stereocenters. The van der Waals surface area contributed by atoms with Crippen LogP contribution < -0.4 is 10.1 Å². The van der Waals surface area contributed by atoms with Crippen molar-refractivity contribution in [3.63, 3.8) is 0 Å². The molecule has 5 heteroatoms. The van der Waals surface area contributed by atoms with Gasteiger partial charge in [-0.05, 0) is 18.2 Å². The van der Waals surface area contributed by atoms with Gasteiger partial charge in [0.25, 0.3) is 0 Å². The molecule has 1 N–H and O–H groups in total. The van der Waals surface area contributed by atoms with Crippen LogP contribution in [0, 0.1) is 0 Å². The van der Waals surface area contributed by atoms with Gasteiger partial charge in [0.1, 0.15) is 23.2 Å². The van der Waals surface area contributed by atoms with E-state index in [0.29, 0.717) is 22.4 Å².